The Kier molecular flexibility index (Phi) is 13.5. The highest BCUT2D eigenvalue weighted by Gasteiger charge is 2.41. The van der Waals surface area contributed by atoms with Crippen molar-refractivity contribution < 1.29 is 23.6 Å². The second-order valence-corrected chi connectivity index (χ2v) is 14.2. The van der Waals surface area contributed by atoms with E-state index in [1.165, 1.54) is 47.4 Å². The van der Waals surface area contributed by atoms with Crippen molar-refractivity contribution in [3.8, 4) is 0 Å². The van der Waals surface area contributed by atoms with Crippen LogP contribution in [0.25, 0.3) is 0 Å². The highest BCUT2D eigenvalue weighted by atomic mass is 32.2. The number of nitrogens with one attached hydrogen (secondary N) is 3. The molecule has 0 spiro atoms. The normalized spacial score (nSPS) is 23.8. The molecule has 232 valence electrons. The maximum absolute atomic E-state index is 15.4. The molecule has 4 bridgehead atoms. The van der Waals surface area contributed by atoms with Gasteiger partial charge in [-0.05, 0) is 31.8 Å². The van der Waals surface area contributed by atoms with Gasteiger partial charge in [0.25, 0.3) is 0 Å². The number of amides is 3. The number of fused-ring (bicyclic) bond motifs is 4. The smallest absolute Gasteiger partial charge is 0.249 e. The molecule has 0 unspecified atom stereocenters. The molecule has 0 saturated carbocycles. The number of unbranched alkanes of at least 4 members (excludes halogenated alkanes) is 4. The molecule has 3 heterocycles. The molecule has 3 amide bonds. The number of thiazole rings is 1. The van der Waals surface area contributed by atoms with E-state index >= 15 is 4.39 Å². The van der Waals surface area contributed by atoms with E-state index in [1.54, 1.807) is 20.8 Å². The third-order valence-electron chi connectivity index (χ3n) is 7.01. The number of nitrogens with zero attached hydrogens (tertiary/aromatic N) is 2. The molecule has 13 heteroatoms. The molecule has 1 aromatic heterocycles. The van der Waals surface area contributed by atoms with Gasteiger partial charge in [-0.25, -0.2) is 9.37 Å². The molecule has 2 aliphatic rings. The molecule has 0 fully saturated rings. The molecule has 0 aromatic carbocycles. The van der Waals surface area contributed by atoms with Crippen LogP contribution in [0, 0.1) is 5.92 Å². The van der Waals surface area contributed by atoms with E-state index in [2.05, 4.69) is 32.9 Å². The summed E-state index contributed by atoms with van der Waals surface area (Å²) in [5, 5.41) is 11.4. The summed E-state index contributed by atoms with van der Waals surface area (Å²) in [4.78, 5) is 60.8. The fraction of sp³-hybridized carbons (Fsp3) is 0.655. The van der Waals surface area contributed by atoms with Gasteiger partial charge in [0.15, 0.2) is 5.12 Å². The number of hydrogen-bond acceptors (Lipinski definition) is 9. The lowest BCUT2D eigenvalue weighted by atomic mass is 9.99. The van der Waals surface area contributed by atoms with Crippen LogP contribution < -0.4 is 16.0 Å². The fourth-order valence-corrected chi connectivity index (χ4v) is 7.11. The quantitative estimate of drug-likeness (QED) is 0.294. The minimum absolute atomic E-state index is 0.0874. The Hall–Kier alpha value is -2.25. The molecule has 9 nitrogen and oxygen atoms in total. The lowest BCUT2D eigenvalue weighted by Gasteiger charge is -2.28. The van der Waals surface area contributed by atoms with Crippen LogP contribution in [0.1, 0.15) is 89.8 Å². The van der Waals surface area contributed by atoms with E-state index in [1.807, 2.05) is 5.38 Å². The molecule has 42 heavy (non-hydrogen) atoms. The van der Waals surface area contributed by atoms with Gasteiger partial charge in [0, 0.05) is 23.3 Å². The van der Waals surface area contributed by atoms with Gasteiger partial charge >= 0.3 is 0 Å². The third kappa shape index (κ3) is 10.2. The zero-order chi connectivity index (χ0) is 30.7. The fourth-order valence-electron chi connectivity index (χ4n) is 4.43. The van der Waals surface area contributed by atoms with Gasteiger partial charge in [-0.1, -0.05) is 58.2 Å². The van der Waals surface area contributed by atoms with Crippen LogP contribution in [-0.4, -0.2) is 62.0 Å². The summed E-state index contributed by atoms with van der Waals surface area (Å²) in [5.41, 5.74) is -0.451. The third-order valence-corrected chi connectivity index (χ3v) is 10.1. The number of hydrogen-bond donors (Lipinski definition) is 3. The summed E-state index contributed by atoms with van der Waals surface area (Å²) in [6.45, 7) is 7.58. The van der Waals surface area contributed by atoms with E-state index in [0.29, 0.717) is 33.7 Å². The van der Waals surface area contributed by atoms with Crippen molar-refractivity contribution in [2.24, 2.45) is 10.9 Å². The van der Waals surface area contributed by atoms with E-state index in [-0.39, 0.29) is 30.4 Å². The lowest BCUT2D eigenvalue weighted by molar-refractivity contribution is -0.132. The van der Waals surface area contributed by atoms with E-state index in [0.717, 1.165) is 25.7 Å². The number of carbonyl (C=O) groups excluding carboxylic acids is 4. The molecular formula is C29H42FN5O4S3. The molecule has 1 aromatic rings. The largest absolute Gasteiger partial charge is 0.350 e. The van der Waals surface area contributed by atoms with Crippen LogP contribution in [0.5, 0.6) is 0 Å². The summed E-state index contributed by atoms with van der Waals surface area (Å²) >= 11 is 3.95. The second kappa shape index (κ2) is 16.6. The molecule has 3 rings (SSSR count). The van der Waals surface area contributed by atoms with Crippen LogP contribution in [0.15, 0.2) is 22.3 Å². The van der Waals surface area contributed by atoms with Crippen molar-refractivity contribution in [1.82, 2.24) is 20.9 Å². The van der Waals surface area contributed by atoms with Crippen LogP contribution >= 0.6 is 34.9 Å². The van der Waals surface area contributed by atoms with Gasteiger partial charge in [0.1, 0.15) is 33.2 Å². The van der Waals surface area contributed by atoms with Crippen molar-refractivity contribution in [3.05, 3.63) is 28.0 Å². The first-order valence-electron chi connectivity index (χ1n) is 14.6. The first-order valence-corrected chi connectivity index (χ1v) is 17.4. The van der Waals surface area contributed by atoms with E-state index in [9.17, 15) is 19.2 Å². The van der Waals surface area contributed by atoms with Gasteiger partial charge in [-0.15, -0.1) is 23.1 Å². The Labute approximate surface area is 260 Å². The molecule has 0 radical (unpaired) electrons. The monoisotopic (exact) mass is 639 g/mol. The van der Waals surface area contributed by atoms with Crippen molar-refractivity contribution in [2.75, 3.05) is 11.5 Å². The Morgan fingerprint density at radius 3 is 2.71 bits per heavy atom. The lowest BCUT2D eigenvalue weighted by Crippen LogP contribution is -2.56. The van der Waals surface area contributed by atoms with Crippen LogP contribution in [0.2, 0.25) is 0 Å². The van der Waals surface area contributed by atoms with E-state index < -0.39 is 41.2 Å². The standard InChI is InChI=1S/C29H42FN5O4S3/c1-5-6-7-8-9-12-24(37)40-13-10-11-19(30)20-14-22(36)31-15-23-32-21(16-41-23)27-35-29(4,17-42-27)28(39)34-25(18(2)3)26(38)33-20/h11,16,18,20,25H,5-10,12-15,17H2,1-4H3,(H,31,36)(H,33,38)(H,34,39)/b19-11-/t20-,25-,29-/m0/s1. The number of rotatable bonds is 11. The second-order valence-electron chi connectivity index (χ2n) is 11.1. The average Bonchev–Trinajstić information content (AvgIpc) is 3.59. The Balaban J connectivity index is 1.71. The summed E-state index contributed by atoms with van der Waals surface area (Å²) in [6, 6.07) is -2.18. The maximum atomic E-state index is 15.4. The number of carbonyl (C=O) groups is 4. The molecule has 3 atom stereocenters. The maximum Gasteiger partial charge on any atom is 0.249 e. The predicted octanol–water partition coefficient (Wildman–Crippen LogP) is 4.90. The first kappa shape index (κ1) is 34.2. The summed E-state index contributed by atoms with van der Waals surface area (Å²) in [5.74, 6) is -1.61. The number of allylic oxidation sites excluding steroid dienone is 1. The van der Waals surface area contributed by atoms with E-state index in [4.69, 9.17) is 0 Å². The molecule has 3 N–H and O–H groups in total. The SMILES string of the molecule is CCCCCCCC(=O)SCC/C=C(\F)[C@@H]1CC(=O)NCc2nc(cs2)C2=N[C@@](C)(CS2)C(=O)N[C@@H](C(C)C)C(=O)N1. The highest BCUT2D eigenvalue weighted by Crippen LogP contribution is 2.32. The molecule has 2 aliphatic heterocycles. The Morgan fingerprint density at radius 2 is 1.98 bits per heavy atom. The van der Waals surface area contributed by atoms with Gasteiger partial charge in [0.05, 0.1) is 19.0 Å². The Morgan fingerprint density at radius 1 is 1.21 bits per heavy atom. The number of aliphatic imine (C=N–C) groups is 1. The topological polar surface area (TPSA) is 130 Å². The van der Waals surface area contributed by atoms with Crippen molar-refractivity contribution in [2.45, 2.75) is 103 Å². The van der Waals surface area contributed by atoms with Gasteiger partial charge in [-0.2, -0.15) is 0 Å². The summed E-state index contributed by atoms with van der Waals surface area (Å²) in [6.07, 6.45) is 7.12. The Bertz CT molecular complexity index is 1190. The van der Waals surface area contributed by atoms with Crippen molar-refractivity contribution in [3.63, 3.8) is 0 Å². The van der Waals surface area contributed by atoms with Crippen molar-refractivity contribution >= 4 is 62.7 Å². The highest BCUT2D eigenvalue weighted by molar-refractivity contribution is 8.14. The number of aromatic nitrogens is 1. The minimum Gasteiger partial charge on any atom is -0.350 e. The summed E-state index contributed by atoms with van der Waals surface area (Å²) in [7, 11) is 0. The zero-order valence-corrected chi connectivity index (χ0v) is 27.2. The predicted molar refractivity (Wildman–Crippen MR) is 169 cm³/mol. The van der Waals surface area contributed by atoms with Gasteiger partial charge in [0.2, 0.25) is 17.7 Å². The van der Waals surface area contributed by atoms with Gasteiger partial charge < -0.3 is 16.0 Å². The molecule has 0 aliphatic carbocycles. The molecular weight excluding hydrogens is 598 g/mol. The van der Waals surface area contributed by atoms with Crippen molar-refractivity contribution in [1.29, 1.82) is 0 Å². The average molecular weight is 640 g/mol. The van der Waals surface area contributed by atoms with Crippen LogP contribution in [-0.2, 0) is 25.7 Å². The van der Waals surface area contributed by atoms with Crippen LogP contribution in [0.4, 0.5) is 4.39 Å². The zero-order valence-electron chi connectivity index (χ0n) is 24.8. The first-order chi connectivity index (χ1) is 20.0. The summed E-state index contributed by atoms with van der Waals surface area (Å²) < 4.78 is 15.4. The molecule has 0 saturated heterocycles. The van der Waals surface area contributed by atoms with Crippen LogP contribution in [0.3, 0.4) is 0 Å². The van der Waals surface area contributed by atoms with Gasteiger partial charge in [-0.3, -0.25) is 24.2 Å². The minimum atomic E-state index is -1.23. The number of thioether (sulfide) groups is 2. The number of halogens is 1.